The number of aromatic nitrogens is 2. The Balaban J connectivity index is 2.88. The van der Waals surface area contributed by atoms with Gasteiger partial charge in [0.1, 0.15) is 0 Å². The van der Waals surface area contributed by atoms with Gasteiger partial charge in [-0.2, -0.15) is 0 Å². The first-order valence-electron chi connectivity index (χ1n) is 5.47. The Morgan fingerprint density at radius 3 is 2.65 bits per heavy atom. The van der Waals surface area contributed by atoms with Gasteiger partial charge in [0, 0.05) is 24.9 Å². The quantitative estimate of drug-likeness (QED) is 0.773. The molecule has 0 aliphatic carbocycles. The molecule has 0 saturated heterocycles. The number of hydrogen-bond acceptors (Lipinski definition) is 4. The van der Waals surface area contributed by atoms with Crippen LogP contribution in [0.5, 0.6) is 0 Å². The lowest BCUT2D eigenvalue weighted by atomic mass is 10.0. The van der Waals surface area contributed by atoms with Crippen LogP contribution in [0.2, 0.25) is 0 Å². The number of nitrogens with zero attached hydrogens (tertiary/aromatic N) is 2. The molecule has 1 heterocycles. The molecule has 0 atom stereocenters. The summed E-state index contributed by atoms with van der Waals surface area (Å²) in [5.41, 5.74) is -0.691. The molecule has 6 nitrogen and oxygen atoms in total. The third kappa shape index (κ3) is 3.79. The fraction of sp³-hybridized carbons (Fsp3) is 0.700. The van der Waals surface area contributed by atoms with Crippen molar-refractivity contribution in [3.8, 4) is 0 Å². The number of aliphatic hydroxyl groups is 1. The lowest BCUT2D eigenvalue weighted by Crippen LogP contribution is -2.44. The summed E-state index contributed by atoms with van der Waals surface area (Å²) in [6, 6.07) is 0. The van der Waals surface area contributed by atoms with Gasteiger partial charge in [-0.05, 0) is 27.2 Å². The van der Waals surface area contributed by atoms with Gasteiger partial charge >= 0.3 is 0 Å². The van der Waals surface area contributed by atoms with Crippen LogP contribution in [0.15, 0.2) is 17.6 Å². The van der Waals surface area contributed by atoms with Crippen LogP contribution in [0.25, 0.3) is 0 Å². The van der Waals surface area contributed by atoms with Gasteiger partial charge in [0.15, 0.2) is 5.03 Å². The predicted molar refractivity (Wildman–Crippen MR) is 64.0 cm³/mol. The second-order valence-corrected chi connectivity index (χ2v) is 6.13. The zero-order chi connectivity index (χ0) is 13.1. The third-order valence-corrected chi connectivity index (χ3v) is 3.98. The van der Waals surface area contributed by atoms with Crippen LogP contribution in [-0.4, -0.2) is 35.2 Å². The molecule has 0 aromatic carbocycles. The number of hydrogen-bond donors (Lipinski definition) is 2. The Morgan fingerprint density at radius 1 is 1.53 bits per heavy atom. The second kappa shape index (κ2) is 5.16. The van der Waals surface area contributed by atoms with Crippen molar-refractivity contribution in [2.24, 2.45) is 0 Å². The summed E-state index contributed by atoms with van der Waals surface area (Å²) in [5.74, 6) is 0. The van der Waals surface area contributed by atoms with Crippen LogP contribution in [0.4, 0.5) is 0 Å². The minimum absolute atomic E-state index is 0.00497. The van der Waals surface area contributed by atoms with Crippen molar-refractivity contribution in [3.05, 3.63) is 12.5 Å². The first-order chi connectivity index (χ1) is 7.80. The van der Waals surface area contributed by atoms with E-state index in [1.807, 2.05) is 6.92 Å². The number of imidazole rings is 1. The van der Waals surface area contributed by atoms with Crippen molar-refractivity contribution in [3.63, 3.8) is 0 Å². The lowest BCUT2D eigenvalue weighted by molar-refractivity contribution is 0.245. The summed E-state index contributed by atoms with van der Waals surface area (Å²) in [6.45, 7) is 5.94. The summed E-state index contributed by atoms with van der Waals surface area (Å²) >= 11 is 0. The Labute approximate surface area is 102 Å². The minimum atomic E-state index is -3.62. The summed E-state index contributed by atoms with van der Waals surface area (Å²) in [6.07, 6.45) is 3.31. The molecule has 0 unspecified atom stereocenters. The smallest absolute Gasteiger partial charge is 0.260 e. The fourth-order valence-corrected chi connectivity index (χ4v) is 2.79. The lowest BCUT2D eigenvalue weighted by Gasteiger charge is -2.24. The number of sulfonamides is 1. The minimum Gasteiger partial charge on any atom is -0.396 e. The van der Waals surface area contributed by atoms with E-state index in [1.54, 1.807) is 18.4 Å². The standard InChI is InChI=1S/C10H19N3O3S/c1-4-13-7-9(11-8-13)17(15,16)12-10(2,3)5-6-14/h7-8,12,14H,4-6H2,1-3H3. The number of aryl methyl sites for hydroxylation is 1. The molecule has 1 aromatic rings. The molecule has 0 amide bonds. The largest absolute Gasteiger partial charge is 0.396 e. The highest BCUT2D eigenvalue weighted by atomic mass is 32.2. The number of nitrogens with one attached hydrogen (secondary N) is 1. The molecule has 98 valence electrons. The molecule has 0 bridgehead atoms. The van der Waals surface area contributed by atoms with E-state index >= 15 is 0 Å². The Hall–Kier alpha value is -0.920. The van der Waals surface area contributed by atoms with Gasteiger partial charge in [0.05, 0.1) is 6.33 Å². The van der Waals surface area contributed by atoms with Gasteiger partial charge in [-0.15, -0.1) is 0 Å². The Kier molecular flexibility index (Phi) is 4.29. The average molecular weight is 261 g/mol. The predicted octanol–water partition coefficient (Wildman–Crippen LogP) is 0.342. The normalized spacial score (nSPS) is 12.9. The van der Waals surface area contributed by atoms with Crippen molar-refractivity contribution in [2.75, 3.05) is 6.61 Å². The third-order valence-electron chi connectivity index (χ3n) is 2.40. The van der Waals surface area contributed by atoms with Crippen LogP contribution in [0, 0.1) is 0 Å². The first kappa shape index (κ1) is 14.1. The molecule has 0 aliphatic heterocycles. The van der Waals surface area contributed by atoms with Crippen molar-refractivity contribution >= 4 is 10.0 Å². The van der Waals surface area contributed by atoms with E-state index < -0.39 is 15.6 Å². The van der Waals surface area contributed by atoms with Crippen LogP contribution in [0.1, 0.15) is 27.2 Å². The van der Waals surface area contributed by atoms with E-state index in [-0.39, 0.29) is 11.6 Å². The van der Waals surface area contributed by atoms with E-state index in [0.717, 1.165) is 0 Å². The molecule has 1 aromatic heterocycles. The van der Waals surface area contributed by atoms with Crippen LogP contribution in [-0.2, 0) is 16.6 Å². The van der Waals surface area contributed by atoms with Crippen LogP contribution in [0.3, 0.4) is 0 Å². The molecule has 17 heavy (non-hydrogen) atoms. The average Bonchev–Trinajstić information content (AvgIpc) is 2.64. The summed E-state index contributed by atoms with van der Waals surface area (Å²) in [4.78, 5) is 3.85. The highest BCUT2D eigenvalue weighted by molar-refractivity contribution is 7.89. The van der Waals surface area contributed by atoms with Gasteiger partial charge in [0.2, 0.25) is 0 Å². The zero-order valence-electron chi connectivity index (χ0n) is 10.3. The molecule has 1 rings (SSSR count). The molecule has 0 radical (unpaired) electrons. The van der Waals surface area contributed by atoms with Gasteiger partial charge in [0.25, 0.3) is 10.0 Å². The van der Waals surface area contributed by atoms with Gasteiger partial charge < -0.3 is 9.67 Å². The topological polar surface area (TPSA) is 84.2 Å². The van der Waals surface area contributed by atoms with E-state index in [9.17, 15) is 8.42 Å². The highest BCUT2D eigenvalue weighted by Crippen LogP contribution is 2.13. The zero-order valence-corrected chi connectivity index (χ0v) is 11.2. The molecule has 2 N–H and O–H groups in total. The van der Waals surface area contributed by atoms with Crippen molar-refractivity contribution in [2.45, 2.75) is 44.3 Å². The van der Waals surface area contributed by atoms with Crippen LogP contribution < -0.4 is 4.72 Å². The summed E-state index contributed by atoms with van der Waals surface area (Å²) in [5, 5.41) is 8.86. The van der Waals surface area contributed by atoms with Crippen molar-refractivity contribution in [1.29, 1.82) is 0 Å². The number of rotatable bonds is 6. The van der Waals surface area contributed by atoms with Gasteiger partial charge in [-0.25, -0.2) is 18.1 Å². The van der Waals surface area contributed by atoms with Gasteiger partial charge in [-0.1, -0.05) is 0 Å². The molecule has 0 saturated carbocycles. The van der Waals surface area contributed by atoms with E-state index in [0.29, 0.717) is 13.0 Å². The summed E-state index contributed by atoms with van der Waals surface area (Å²) < 4.78 is 28.2. The van der Waals surface area contributed by atoms with Crippen LogP contribution >= 0.6 is 0 Å². The van der Waals surface area contributed by atoms with Crippen molar-refractivity contribution < 1.29 is 13.5 Å². The molecule has 0 spiro atoms. The highest BCUT2D eigenvalue weighted by Gasteiger charge is 2.27. The first-order valence-corrected chi connectivity index (χ1v) is 6.95. The Morgan fingerprint density at radius 2 is 2.18 bits per heavy atom. The maximum absolute atomic E-state index is 12.0. The SMILES string of the molecule is CCn1cnc(S(=O)(=O)NC(C)(C)CCO)c1. The molecular formula is C10H19N3O3S. The van der Waals surface area contributed by atoms with Crippen molar-refractivity contribution in [1.82, 2.24) is 14.3 Å². The number of aliphatic hydroxyl groups excluding tert-OH is 1. The van der Waals surface area contributed by atoms with E-state index in [1.165, 1.54) is 12.5 Å². The maximum atomic E-state index is 12.0. The Bertz CT molecular complexity index is 465. The molecule has 0 fully saturated rings. The summed E-state index contributed by atoms with van der Waals surface area (Å²) in [7, 11) is -3.62. The molecular weight excluding hydrogens is 242 g/mol. The van der Waals surface area contributed by atoms with Gasteiger partial charge in [-0.3, -0.25) is 0 Å². The molecule has 0 aliphatic rings. The van der Waals surface area contributed by atoms with E-state index in [4.69, 9.17) is 5.11 Å². The fourth-order valence-electron chi connectivity index (χ4n) is 1.40. The monoisotopic (exact) mass is 261 g/mol. The maximum Gasteiger partial charge on any atom is 0.260 e. The van der Waals surface area contributed by atoms with E-state index in [2.05, 4.69) is 9.71 Å². The molecule has 7 heteroatoms. The second-order valence-electron chi connectivity index (χ2n) is 4.51.